The van der Waals surface area contributed by atoms with Crippen LogP contribution in [0.4, 0.5) is 0 Å². The minimum absolute atomic E-state index is 0.0772. The van der Waals surface area contributed by atoms with Crippen molar-refractivity contribution in [3.63, 3.8) is 0 Å². The van der Waals surface area contributed by atoms with E-state index in [1.165, 1.54) is 6.26 Å². The van der Waals surface area contributed by atoms with Crippen LogP contribution in [0.3, 0.4) is 0 Å². The first kappa shape index (κ1) is 13.2. The molecular weight excluding hydrogens is 230 g/mol. The van der Waals surface area contributed by atoms with E-state index in [1.807, 2.05) is 0 Å². The number of sulfone groups is 1. The molecule has 1 aliphatic carbocycles. The van der Waals surface area contributed by atoms with E-state index in [0.29, 0.717) is 13.0 Å². The maximum atomic E-state index is 10.9. The van der Waals surface area contributed by atoms with Gasteiger partial charge >= 0.3 is 0 Å². The van der Waals surface area contributed by atoms with Gasteiger partial charge < -0.3 is 16.3 Å². The van der Waals surface area contributed by atoms with E-state index in [9.17, 15) is 8.42 Å². The molecule has 1 fully saturated rings. The van der Waals surface area contributed by atoms with Crippen LogP contribution in [0.15, 0.2) is 5.16 Å². The quantitative estimate of drug-likeness (QED) is 0.186. The average Bonchev–Trinajstić information content (AvgIpc) is 2.92. The summed E-state index contributed by atoms with van der Waals surface area (Å²) >= 11 is 0. The highest BCUT2D eigenvalue weighted by atomic mass is 32.2. The van der Waals surface area contributed by atoms with Gasteiger partial charge in [-0.3, -0.25) is 0 Å². The third-order valence-electron chi connectivity index (χ3n) is 2.79. The molecule has 6 nitrogen and oxygen atoms in total. The van der Waals surface area contributed by atoms with Crippen molar-refractivity contribution in [3.05, 3.63) is 0 Å². The van der Waals surface area contributed by atoms with E-state index in [1.54, 1.807) is 0 Å². The highest BCUT2D eigenvalue weighted by molar-refractivity contribution is 7.90. The molecule has 0 heterocycles. The van der Waals surface area contributed by atoms with Gasteiger partial charge in [0.1, 0.15) is 15.7 Å². The Balaban J connectivity index is 2.23. The smallest absolute Gasteiger partial charge is 0.148 e. The summed E-state index contributed by atoms with van der Waals surface area (Å²) in [4.78, 5) is 0. The molecule has 0 amide bonds. The van der Waals surface area contributed by atoms with Crippen LogP contribution in [0, 0.1) is 5.41 Å². The summed E-state index contributed by atoms with van der Waals surface area (Å²) in [5.41, 5.74) is 5.53. The van der Waals surface area contributed by atoms with Crippen LogP contribution in [0.5, 0.6) is 0 Å². The summed E-state index contributed by atoms with van der Waals surface area (Å²) in [6.07, 6.45) is 3.86. The first-order valence-electron chi connectivity index (χ1n) is 5.22. The van der Waals surface area contributed by atoms with Crippen molar-refractivity contribution in [3.8, 4) is 0 Å². The summed E-state index contributed by atoms with van der Waals surface area (Å²) in [6, 6.07) is 0. The molecule has 7 heteroatoms. The van der Waals surface area contributed by atoms with Gasteiger partial charge in [0.2, 0.25) is 0 Å². The molecule has 0 aliphatic heterocycles. The summed E-state index contributed by atoms with van der Waals surface area (Å²) < 4.78 is 21.8. The van der Waals surface area contributed by atoms with Crippen molar-refractivity contribution in [2.75, 3.05) is 25.1 Å². The van der Waals surface area contributed by atoms with Gasteiger partial charge in [-0.25, -0.2) is 8.42 Å². The Bertz CT molecular complexity index is 360. The van der Waals surface area contributed by atoms with E-state index in [-0.39, 0.29) is 17.0 Å². The number of hydrogen-bond acceptors (Lipinski definition) is 5. The van der Waals surface area contributed by atoms with Crippen LogP contribution in [0.25, 0.3) is 0 Å². The summed E-state index contributed by atoms with van der Waals surface area (Å²) in [5.74, 6) is 0.384. The summed E-state index contributed by atoms with van der Waals surface area (Å²) in [7, 11) is -2.90. The number of rotatable bonds is 7. The van der Waals surface area contributed by atoms with Gasteiger partial charge in [0.25, 0.3) is 0 Å². The first-order chi connectivity index (χ1) is 7.37. The second kappa shape index (κ2) is 5.01. The van der Waals surface area contributed by atoms with E-state index in [2.05, 4.69) is 10.5 Å². The third kappa shape index (κ3) is 4.80. The summed E-state index contributed by atoms with van der Waals surface area (Å²) in [5, 5.41) is 14.5. The highest BCUT2D eigenvalue weighted by Crippen LogP contribution is 2.48. The van der Waals surface area contributed by atoms with E-state index in [4.69, 9.17) is 10.9 Å². The molecular formula is C9H19N3O3S. The Morgan fingerprint density at radius 1 is 1.56 bits per heavy atom. The number of oxime groups is 1. The predicted molar refractivity (Wildman–Crippen MR) is 62.3 cm³/mol. The van der Waals surface area contributed by atoms with Crippen LogP contribution in [-0.2, 0) is 9.84 Å². The lowest BCUT2D eigenvalue weighted by Crippen LogP contribution is -2.31. The van der Waals surface area contributed by atoms with Gasteiger partial charge in [0.05, 0.1) is 5.75 Å². The predicted octanol–water partition coefficient (Wildman–Crippen LogP) is -0.463. The number of nitrogens with one attached hydrogen (secondary N) is 1. The normalized spacial score (nSPS) is 19.7. The number of nitrogens with zero attached hydrogens (tertiary/aromatic N) is 1. The molecule has 1 aliphatic rings. The molecule has 1 saturated carbocycles. The molecule has 0 atom stereocenters. The van der Waals surface area contributed by atoms with Gasteiger partial charge in [-0.1, -0.05) is 5.16 Å². The Morgan fingerprint density at radius 2 is 2.19 bits per heavy atom. The van der Waals surface area contributed by atoms with Crippen LogP contribution >= 0.6 is 0 Å². The molecule has 0 spiro atoms. The third-order valence-corrected chi connectivity index (χ3v) is 3.74. The number of nitrogens with two attached hydrogens (primary N) is 1. The Morgan fingerprint density at radius 3 is 2.62 bits per heavy atom. The fraction of sp³-hybridized carbons (Fsp3) is 0.889. The molecule has 0 saturated heterocycles. The topological polar surface area (TPSA) is 105 Å². The molecule has 0 aromatic heterocycles. The maximum absolute atomic E-state index is 10.9. The average molecular weight is 249 g/mol. The van der Waals surface area contributed by atoms with Crippen molar-refractivity contribution in [2.24, 2.45) is 16.3 Å². The fourth-order valence-electron chi connectivity index (χ4n) is 1.62. The molecule has 0 bridgehead atoms. The Hall–Kier alpha value is -0.820. The largest absolute Gasteiger partial charge is 0.409 e. The minimum Gasteiger partial charge on any atom is -0.409 e. The van der Waals surface area contributed by atoms with Gasteiger partial charge in [-0.15, -0.1) is 0 Å². The minimum atomic E-state index is -2.90. The summed E-state index contributed by atoms with van der Waals surface area (Å²) in [6.45, 7) is 1.18. The second-order valence-electron chi connectivity index (χ2n) is 4.57. The van der Waals surface area contributed by atoms with Crippen molar-refractivity contribution in [2.45, 2.75) is 19.3 Å². The van der Waals surface area contributed by atoms with Crippen LogP contribution in [0.2, 0.25) is 0 Å². The molecule has 16 heavy (non-hydrogen) atoms. The van der Waals surface area contributed by atoms with Gasteiger partial charge in [-0.05, 0) is 18.3 Å². The van der Waals surface area contributed by atoms with E-state index < -0.39 is 9.84 Å². The number of amidine groups is 1. The molecule has 0 aromatic rings. The molecule has 0 radical (unpaired) electrons. The standard InChI is InChI=1S/C9H19N3O3S/c1-16(14,15)5-4-11-7-9(2-3-9)6-8(10)12-13/h11,13H,2-7H2,1H3,(H2,10,12). The second-order valence-corrected chi connectivity index (χ2v) is 6.83. The molecule has 4 N–H and O–H groups in total. The first-order valence-corrected chi connectivity index (χ1v) is 7.28. The lowest BCUT2D eigenvalue weighted by atomic mass is 10.0. The zero-order valence-electron chi connectivity index (χ0n) is 9.44. The van der Waals surface area contributed by atoms with Gasteiger partial charge in [-0.2, -0.15) is 0 Å². The zero-order chi connectivity index (χ0) is 12.2. The van der Waals surface area contributed by atoms with Crippen molar-refractivity contribution < 1.29 is 13.6 Å². The molecule has 0 aromatic carbocycles. The fourth-order valence-corrected chi connectivity index (χ4v) is 2.14. The molecule has 94 valence electrons. The number of hydrogen-bond donors (Lipinski definition) is 3. The van der Waals surface area contributed by atoms with E-state index in [0.717, 1.165) is 19.4 Å². The monoisotopic (exact) mass is 249 g/mol. The van der Waals surface area contributed by atoms with Gasteiger partial charge in [0.15, 0.2) is 0 Å². The van der Waals surface area contributed by atoms with Crippen molar-refractivity contribution in [1.29, 1.82) is 0 Å². The van der Waals surface area contributed by atoms with Crippen molar-refractivity contribution in [1.82, 2.24) is 5.32 Å². The van der Waals surface area contributed by atoms with Crippen LogP contribution in [0.1, 0.15) is 19.3 Å². The Labute approximate surface area is 95.8 Å². The van der Waals surface area contributed by atoms with Crippen LogP contribution in [-0.4, -0.2) is 44.6 Å². The highest BCUT2D eigenvalue weighted by Gasteiger charge is 2.42. The molecule has 0 unspecified atom stereocenters. The van der Waals surface area contributed by atoms with Crippen LogP contribution < -0.4 is 11.1 Å². The van der Waals surface area contributed by atoms with Crippen molar-refractivity contribution >= 4 is 15.7 Å². The SMILES string of the molecule is CS(=O)(=O)CCNCC1(CC(N)=NO)CC1. The van der Waals surface area contributed by atoms with Gasteiger partial charge in [0, 0.05) is 25.8 Å². The lowest BCUT2D eigenvalue weighted by Gasteiger charge is -2.14. The zero-order valence-corrected chi connectivity index (χ0v) is 10.3. The lowest BCUT2D eigenvalue weighted by molar-refractivity contribution is 0.314. The Kier molecular flexibility index (Phi) is 4.15. The van der Waals surface area contributed by atoms with E-state index >= 15 is 0 Å². The maximum Gasteiger partial charge on any atom is 0.148 e. The molecule has 1 rings (SSSR count).